The molecule has 0 aromatic heterocycles. The largest absolute Gasteiger partial charge is 0.393 e. The first-order valence-electron chi connectivity index (χ1n) is 5.31. The lowest BCUT2D eigenvalue weighted by atomic mass is 10.1. The van der Waals surface area contributed by atoms with Crippen LogP contribution in [0.1, 0.15) is 26.2 Å². The Hall–Kier alpha value is 0.270. The van der Waals surface area contributed by atoms with Gasteiger partial charge in [-0.25, -0.2) is 0 Å². The topological polar surface area (TPSA) is 32.3 Å². The SMILES string of the molecule is CCSCCNCC1CCCC1O. The lowest BCUT2D eigenvalue weighted by molar-refractivity contribution is 0.132. The highest BCUT2D eigenvalue weighted by atomic mass is 32.2. The lowest BCUT2D eigenvalue weighted by Crippen LogP contribution is -2.29. The van der Waals surface area contributed by atoms with Crippen LogP contribution in [0.15, 0.2) is 0 Å². The summed E-state index contributed by atoms with van der Waals surface area (Å²) >= 11 is 1.97. The van der Waals surface area contributed by atoms with Crippen molar-refractivity contribution >= 4 is 11.8 Å². The lowest BCUT2D eigenvalue weighted by Gasteiger charge is -2.14. The number of hydrogen-bond donors (Lipinski definition) is 2. The van der Waals surface area contributed by atoms with Crippen molar-refractivity contribution in [3.63, 3.8) is 0 Å². The van der Waals surface area contributed by atoms with Crippen molar-refractivity contribution in [3.05, 3.63) is 0 Å². The van der Waals surface area contributed by atoms with E-state index in [-0.39, 0.29) is 6.10 Å². The molecule has 0 aromatic rings. The van der Waals surface area contributed by atoms with E-state index < -0.39 is 0 Å². The first-order chi connectivity index (χ1) is 6.34. The van der Waals surface area contributed by atoms with E-state index in [0.717, 1.165) is 19.5 Å². The highest BCUT2D eigenvalue weighted by molar-refractivity contribution is 7.99. The van der Waals surface area contributed by atoms with Gasteiger partial charge in [0.05, 0.1) is 6.10 Å². The van der Waals surface area contributed by atoms with Crippen LogP contribution in [0, 0.1) is 5.92 Å². The maximum atomic E-state index is 9.55. The molecule has 2 N–H and O–H groups in total. The molecular weight excluding hydrogens is 182 g/mol. The number of rotatable bonds is 6. The van der Waals surface area contributed by atoms with Gasteiger partial charge in [0.1, 0.15) is 0 Å². The van der Waals surface area contributed by atoms with Crippen LogP contribution in [0.4, 0.5) is 0 Å². The quantitative estimate of drug-likeness (QED) is 0.642. The van der Waals surface area contributed by atoms with Crippen LogP contribution in [-0.2, 0) is 0 Å². The highest BCUT2D eigenvalue weighted by Gasteiger charge is 2.24. The van der Waals surface area contributed by atoms with Gasteiger partial charge in [0.15, 0.2) is 0 Å². The first kappa shape index (κ1) is 11.3. The van der Waals surface area contributed by atoms with Gasteiger partial charge in [0, 0.05) is 18.8 Å². The van der Waals surface area contributed by atoms with Crippen molar-refractivity contribution in [1.29, 1.82) is 0 Å². The molecule has 13 heavy (non-hydrogen) atoms. The zero-order valence-corrected chi connectivity index (χ0v) is 9.28. The first-order valence-corrected chi connectivity index (χ1v) is 6.46. The Morgan fingerprint density at radius 2 is 2.31 bits per heavy atom. The molecule has 0 spiro atoms. The van der Waals surface area contributed by atoms with Gasteiger partial charge < -0.3 is 10.4 Å². The van der Waals surface area contributed by atoms with Gasteiger partial charge in [-0.3, -0.25) is 0 Å². The van der Waals surface area contributed by atoms with Gasteiger partial charge in [-0.1, -0.05) is 13.3 Å². The minimum absolute atomic E-state index is 0.0358. The summed E-state index contributed by atoms with van der Waals surface area (Å²) in [6, 6.07) is 0. The van der Waals surface area contributed by atoms with Crippen LogP contribution in [0.25, 0.3) is 0 Å². The second kappa shape index (κ2) is 6.68. The van der Waals surface area contributed by atoms with Crippen molar-refractivity contribution in [2.24, 2.45) is 5.92 Å². The standard InChI is InChI=1S/C10H21NOS/c1-2-13-7-6-11-8-9-4-3-5-10(9)12/h9-12H,2-8H2,1H3. The fraction of sp³-hybridized carbons (Fsp3) is 1.00. The fourth-order valence-corrected chi connectivity index (χ4v) is 2.41. The molecule has 1 saturated carbocycles. The highest BCUT2D eigenvalue weighted by Crippen LogP contribution is 2.24. The van der Waals surface area contributed by atoms with Crippen molar-refractivity contribution in [2.45, 2.75) is 32.3 Å². The summed E-state index contributed by atoms with van der Waals surface area (Å²) < 4.78 is 0. The van der Waals surface area contributed by atoms with Crippen LogP contribution >= 0.6 is 11.8 Å². The number of thioether (sulfide) groups is 1. The number of nitrogens with one attached hydrogen (secondary N) is 1. The second-order valence-corrected chi connectivity index (χ2v) is 5.05. The molecule has 1 rings (SSSR count). The predicted octanol–water partition coefficient (Wildman–Crippen LogP) is 1.49. The zero-order chi connectivity index (χ0) is 9.52. The normalized spacial score (nSPS) is 28.2. The van der Waals surface area contributed by atoms with E-state index in [1.165, 1.54) is 24.3 Å². The molecule has 2 unspecified atom stereocenters. The molecule has 0 amide bonds. The zero-order valence-electron chi connectivity index (χ0n) is 8.46. The van der Waals surface area contributed by atoms with Gasteiger partial charge in [-0.15, -0.1) is 0 Å². The molecule has 1 aliphatic rings. The van der Waals surface area contributed by atoms with Crippen molar-refractivity contribution in [2.75, 3.05) is 24.6 Å². The molecule has 0 bridgehead atoms. The maximum Gasteiger partial charge on any atom is 0.0580 e. The average Bonchev–Trinajstić information content (AvgIpc) is 2.52. The molecule has 0 aliphatic heterocycles. The summed E-state index contributed by atoms with van der Waals surface area (Å²) in [7, 11) is 0. The van der Waals surface area contributed by atoms with E-state index in [9.17, 15) is 5.11 Å². The molecule has 78 valence electrons. The molecule has 2 nitrogen and oxygen atoms in total. The summed E-state index contributed by atoms with van der Waals surface area (Å²) in [6.45, 7) is 4.28. The summed E-state index contributed by atoms with van der Waals surface area (Å²) in [4.78, 5) is 0. The van der Waals surface area contributed by atoms with Gasteiger partial charge in [0.25, 0.3) is 0 Å². The van der Waals surface area contributed by atoms with Gasteiger partial charge >= 0.3 is 0 Å². The average molecular weight is 203 g/mol. The van der Waals surface area contributed by atoms with Crippen LogP contribution in [0.2, 0.25) is 0 Å². The van der Waals surface area contributed by atoms with Crippen LogP contribution in [0.3, 0.4) is 0 Å². The molecule has 2 atom stereocenters. The molecule has 0 radical (unpaired) electrons. The van der Waals surface area contributed by atoms with Gasteiger partial charge in [-0.2, -0.15) is 11.8 Å². The Morgan fingerprint density at radius 3 is 2.92 bits per heavy atom. The monoisotopic (exact) mass is 203 g/mol. The summed E-state index contributed by atoms with van der Waals surface area (Å²) in [6.07, 6.45) is 3.38. The number of aliphatic hydroxyl groups excluding tert-OH is 1. The maximum absolute atomic E-state index is 9.55. The molecule has 0 heterocycles. The van der Waals surface area contributed by atoms with Gasteiger partial charge in [-0.05, 0) is 24.5 Å². The Balaban J connectivity index is 1.93. The number of hydrogen-bond acceptors (Lipinski definition) is 3. The van der Waals surface area contributed by atoms with Gasteiger partial charge in [0.2, 0.25) is 0 Å². The molecular formula is C10H21NOS. The van der Waals surface area contributed by atoms with E-state index in [1.54, 1.807) is 0 Å². The predicted molar refractivity (Wildman–Crippen MR) is 59.2 cm³/mol. The smallest absolute Gasteiger partial charge is 0.0580 e. The van der Waals surface area contributed by atoms with E-state index in [2.05, 4.69) is 12.2 Å². The molecule has 1 aliphatic carbocycles. The van der Waals surface area contributed by atoms with Crippen molar-refractivity contribution in [3.8, 4) is 0 Å². The third-order valence-corrected chi connectivity index (χ3v) is 3.55. The third-order valence-electron chi connectivity index (χ3n) is 2.65. The molecule has 1 fully saturated rings. The molecule has 0 saturated heterocycles. The minimum atomic E-state index is -0.0358. The van der Waals surface area contributed by atoms with Crippen LogP contribution in [-0.4, -0.2) is 35.8 Å². The summed E-state index contributed by atoms with van der Waals surface area (Å²) in [5.74, 6) is 2.92. The van der Waals surface area contributed by atoms with Crippen LogP contribution in [0.5, 0.6) is 0 Å². The Bertz CT molecular complexity index is 132. The Kier molecular flexibility index (Phi) is 5.83. The summed E-state index contributed by atoms with van der Waals surface area (Å²) in [5.41, 5.74) is 0. The summed E-state index contributed by atoms with van der Waals surface area (Å²) in [5, 5.41) is 13.0. The Morgan fingerprint density at radius 1 is 1.46 bits per heavy atom. The van der Waals surface area contributed by atoms with E-state index in [1.807, 2.05) is 11.8 Å². The Labute approximate surface area is 85.5 Å². The van der Waals surface area contributed by atoms with E-state index >= 15 is 0 Å². The molecule has 3 heteroatoms. The van der Waals surface area contributed by atoms with E-state index in [4.69, 9.17) is 0 Å². The molecule has 0 aromatic carbocycles. The third kappa shape index (κ3) is 4.34. The van der Waals surface area contributed by atoms with E-state index in [0.29, 0.717) is 5.92 Å². The minimum Gasteiger partial charge on any atom is -0.393 e. The number of aliphatic hydroxyl groups is 1. The fourth-order valence-electron chi connectivity index (χ4n) is 1.83. The van der Waals surface area contributed by atoms with Crippen molar-refractivity contribution < 1.29 is 5.11 Å². The van der Waals surface area contributed by atoms with Crippen LogP contribution < -0.4 is 5.32 Å². The second-order valence-electron chi connectivity index (χ2n) is 3.66. The van der Waals surface area contributed by atoms with Crippen molar-refractivity contribution in [1.82, 2.24) is 5.32 Å².